The van der Waals surface area contributed by atoms with Crippen LogP contribution in [0.3, 0.4) is 0 Å². The Morgan fingerprint density at radius 1 is 1.64 bits per heavy atom. The summed E-state index contributed by atoms with van der Waals surface area (Å²) in [5.41, 5.74) is 0. The Hall–Kier alpha value is -0.570. The van der Waals surface area contributed by atoms with Gasteiger partial charge in [0.1, 0.15) is 0 Å². The third-order valence-electron chi connectivity index (χ3n) is 2.73. The molecule has 2 aliphatic rings. The van der Waals surface area contributed by atoms with Gasteiger partial charge in [-0.1, -0.05) is 0 Å². The Morgan fingerprint density at radius 3 is 3.27 bits per heavy atom. The van der Waals surface area contributed by atoms with E-state index in [2.05, 4.69) is 17.1 Å². The molecule has 1 N–H and O–H groups in total. The van der Waals surface area contributed by atoms with Crippen molar-refractivity contribution in [3.05, 3.63) is 0 Å². The fraction of sp³-hybridized carbons (Fsp3) is 0.875. The van der Waals surface area contributed by atoms with Gasteiger partial charge in [-0.05, 0) is 26.3 Å². The maximum absolute atomic E-state index is 11.1. The second kappa shape index (κ2) is 2.48. The maximum Gasteiger partial charge on any atom is 0.234 e. The molecule has 0 aromatic heterocycles. The summed E-state index contributed by atoms with van der Waals surface area (Å²) in [5, 5.41) is 2.97. The summed E-state index contributed by atoms with van der Waals surface area (Å²) in [4.78, 5) is 13.4. The molecular weight excluding hydrogens is 140 g/mol. The second-order valence-corrected chi connectivity index (χ2v) is 3.54. The van der Waals surface area contributed by atoms with Gasteiger partial charge in [0.15, 0.2) is 0 Å². The number of carbonyl (C=O) groups excluding carboxylic acids is 1. The van der Waals surface area contributed by atoms with Crippen LogP contribution in [-0.4, -0.2) is 36.0 Å². The highest BCUT2D eigenvalue weighted by molar-refractivity contribution is 5.79. The van der Waals surface area contributed by atoms with E-state index in [-0.39, 0.29) is 5.91 Å². The predicted molar refractivity (Wildman–Crippen MR) is 42.2 cm³/mol. The molecule has 3 nitrogen and oxygen atoms in total. The zero-order valence-corrected chi connectivity index (χ0v) is 6.84. The van der Waals surface area contributed by atoms with E-state index in [0.29, 0.717) is 18.6 Å². The predicted octanol–water partition coefficient (Wildman–Crippen LogP) is -0.0309. The second-order valence-electron chi connectivity index (χ2n) is 3.54. The number of piperazine rings is 1. The zero-order valence-electron chi connectivity index (χ0n) is 6.84. The van der Waals surface area contributed by atoms with Crippen LogP contribution in [0, 0.1) is 0 Å². The molecule has 0 saturated carbocycles. The monoisotopic (exact) mass is 154 g/mol. The Bertz CT molecular complexity index is 181. The molecule has 0 radical (unpaired) electrons. The summed E-state index contributed by atoms with van der Waals surface area (Å²) in [5.74, 6) is 0.190. The van der Waals surface area contributed by atoms with E-state index in [9.17, 15) is 4.79 Å². The summed E-state index contributed by atoms with van der Waals surface area (Å²) in [6.45, 7) is 3.83. The van der Waals surface area contributed by atoms with Crippen molar-refractivity contribution in [3.8, 4) is 0 Å². The largest absolute Gasteiger partial charge is 0.351 e. The quantitative estimate of drug-likeness (QED) is 0.531. The minimum absolute atomic E-state index is 0.190. The molecule has 0 aromatic carbocycles. The molecule has 0 aliphatic carbocycles. The molecule has 0 spiro atoms. The number of carbonyl (C=O) groups is 1. The van der Waals surface area contributed by atoms with E-state index >= 15 is 0 Å². The summed E-state index contributed by atoms with van der Waals surface area (Å²) in [6, 6.07) is 0.978. The van der Waals surface area contributed by atoms with Crippen LogP contribution in [0.2, 0.25) is 0 Å². The van der Waals surface area contributed by atoms with Gasteiger partial charge in [0.05, 0.1) is 6.54 Å². The fourth-order valence-electron chi connectivity index (χ4n) is 2.19. The van der Waals surface area contributed by atoms with Gasteiger partial charge in [-0.15, -0.1) is 0 Å². The minimum atomic E-state index is 0.190. The molecule has 2 saturated heterocycles. The maximum atomic E-state index is 11.1. The van der Waals surface area contributed by atoms with E-state index in [0.717, 1.165) is 6.54 Å². The van der Waals surface area contributed by atoms with Gasteiger partial charge in [0, 0.05) is 12.1 Å². The number of rotatable bonds is 0. The van der Waals surface area contributed by atoms with Crippen molar-refractivity contribution in [1.29, 1.82) is 0 Å². The highest BCUT2D eigenvalue weighted by Crippen LogP contribution is 2.21. The number of hydrogen-bond donors (Lipinski definition) is 1. The Balaban J connectivity index is 2.10. The van der Waals surface area contributed by atoms with Crippen molar-refractivity contribution in [3.63, 3.8) is 0 Å². The molecule has 3 heteroatoms. The van der Waals surface area contributed by atoms with Crippen LogP contribution >= 0.6 is 0 Å². The molecular formula is C8H14N2O. The van der Waals surface area contributed by atoms with Crippen LogP contribution in [0.25, 0.3) is 0 Å². The SMILES string of the molecule is CC1NC(=O)CN2CCCC12. The molecule has 0 aromatic rings. The lowest BCUT2D eigenvalue weighted by Crippen LogP contribution is -2.56. The van der Waals surface area contributed by atoms with Gasteiger partial charge in [0.2, 0.25) is 5.91 Å². The molecule has 2 atom stereocenters. The first-order chi connectivity index (χ1) is 5.27. The summed E-state index contributed by atoms with van der Waals surface area (Å²) >= 11 is 0. The Kier molecular flexibility index (Phi) is 1.60. The van der Waals surface area contributed by atoms with Crippen LogP contribution < -0.4 is 5.32 Å². The first-order valence-corrected chi connectivity index (χ1v) is 4.31. The Morgan fingerprint density at radius 2 is 2.45 bits per heavy atom. The van der Waals surface area contributed by atoms with Gasteiger partial charge < -0.3 is 5.32 Å². The average Bonchev–Trinajstić information content (AvgIpc) is 2.34. The summed E-state index contributed by atoms with van der Waals surface area (Å²) in [7, 11) is 0. The van der Waals surface area contributed by atoms with E-state index < -0.39 is 0 Å². The minimum Gasteiger partial charge on any atom is -0.351 e. The standard InChI is InChI=1S/C8H14N2O/c1-6-7-3-2-4-10(7)5-8(11)9-6/h6-7H,2-5H2,1H3,(H,9,11). The van der Waals surface area contributed by atoms with Crippen molar-refractivity contribution in [2.24, 2.45) is 0 Å². The van der Waals surface area contributed by atoms with E-state index in [1.54, 1.807) is 0 Å². The van der Waals surface area contributed by atoms with Crippen LogP contribution in [-0.2, 0) is 4.79 Å². The highest BCUT2D eigenvalue weighted by atomic mass is 16.2. The van der Waals surface area contributed by atoms with Crippen LogP contribution in [0.15, 0.2) is 0 Å². The Labute approximate surface area is 66.8 Å². The number of nitrogens with zero attached hydrogens (tertiary/aromatic N) is 1. The van der Waals surface area contributed by atoms with Crippen molar-refractivity contribution in [2.75, 3.05) is 13.1 Å². The molecule has 2 aliphatic heterocycles. The van der Waals surface area contributed by atoms with Crippen LogP contribution in [0.4, 0.5) is 0 Å². The lowest BCUT2D eigenvalue weighted by atomic mass is 10.1. The normalized spacial score (nSPS) is 38.5. The topological polar surface area (TPSA) is 32.3 Å². The molecule has 2 rings (SSSR count). The molecule has 0 bridgehead atoms. The first kappa shape index (κ1) is 7.10. The fourth-order valence-corrected chi connectivity index (χ4v) is 2.19. The first-order valence-electron chi connectivity index (χ1n) is 4.31. The number of amides is 1. The number of nitrogens with one attached hydrogen (secondary N) is 1. The third kappa shape index (κ3) is 1.13. The number of fused-ring (bicyclic) bond motifs is 1. The summed E-state index contributed by atoms with van der Waals surface area (Å²) in [6.07, 6.45) is 2.51. The van der Waals surface area contributed by atoms with Gasteiger partial charge in [0.25, 0.3) is 0 Å². The van der Waals surface area contributed by atoms with Gasteiger partial charge in [-0.2, -0.15) is 0 Å². The van der Waals surface area contributed by atoms with Crippen molar-refractivity contribution >= 4 is 5.91 Å². The van der Waals surface area contributed by atoms with Crippen molar-refractivity contribution in [1.82, 2.24) is 10.2 Å². The average molecular weight is 154 g/mol. The molecule has 2 heterocycles. The zero-order chi connectivity index (χ0) is 7.84. The van der Waals surface area contributed by atoms with Crippen molar-refractivity contribution < 1.29 is 4.79 Å². The van der Waals surface area contributed by atoms with E-state index in [1.165, 1.54) is 12.8 Å². The van der Waals surface area contributed by atoms with Gasteiger partial charge in [-0.3, -0.25) is 9.69 Å². The smallest absolute Gasteiger partial charge is 0.234 e. The van der Waals surface area contributed by atoms with E-state index in [4.69, 9.17) is 0 Å². The highest BCUT2D eigenvalue weighted by Gasteiger charge is 2.34. The molecule has 2 unspecified atom stereocenters. The molecule has 11 heavy (non-hydrogen) atoms. The molecule has 62 valence electrons. The van der Waals surface area contributed by atoms with Crippen molar-refractivity contribution in [2.45, 2.75) is 31.8 Å². The lowest BCUT2D eigenvalue weighted by Gasteiger charge is -2.34. The van der Waals surface area contributed by atoms with Gasteiger partial charge in [-0.25, -0.2) is 0 Å². The van der Waals surface area contributed by atoms with E-state index in [1.807, 2.05) is 0 Å². The third-order valence-corrected chi connectivity index (χ3v) is 2.73. The summed E-state index contributed by atoms with van der Waals surface area (Å²) < 4.78 is 0. The molecule has 2 fully saturated rings. The number of hydrogen-bond acceptors (Lipinski definition) is 2. The van der Waals surface area contributed by atoms with Crippen LogP contribution in [0.1, 0.15) is 19.8 Å². The van der Waals surface area contributed by atoms with Crippen LogP contribution in [0.5, 0.6) is 0 Å². The lowest BCUT2D eigenvalue weighted by molar-refractivity contribution is -0.126. The van der Waals surface area contributed by atoms with Gasteiger partial charge >= 0.3 is 0 Å². The molecule has 1 amide bonds.